The van der Waals surface area contributed by atoms with E-state index in [-0.39, 0.29) is 30.7 Å². The molecule has 0 aromatic rings. The highest BCUT2D eigenvalue weighted by molar-refractivity contribution is 5.76. The van der Waals surface area contributed by atoms with E-state index in [0.717, 1.165) is 25.7 Å². The second-order valence-corrected chi connectivity index (χ2v) is 5.89. The normalized spacial score (nSPS) is 11.8. The van der Waals surface area contributed by atoms with Crippen molar-refractivity contribution >= 4 is 11.8 Å². The van der Waals surface area contributed by atoms with Gasteiger partial charge in [0.2, 0.25) is 11.8 Å². The van der Waals surface area contributed by atoms with Crippen LogP contribution in [0.2, 0.25) is 0 Å². The predicted octanol–water partition coefficient (Wildman–Crippen LogP) is 2.14. The molecule has 0 aliphatic rings. The molecule has 0 spiro atoms. The van der Waals surface area contributed by atoms with E-state index in [2.05, 4.69) is 29.2 Å². The minimum atomic E-state index is -0.236. The largest absolute Gasteiger partial charge is 0.381 e. The molecular formula is C15H29N5O3. The Morgan fingerprint density at radius 3 is 2.65 bits per heavy atom. The highest BCUT2D eigenvalue weighted by Crippen LogP contribution is 2.17. The van der Waals surface area contributed by atoms with Gasteiger partial charge in [0.25, 0.3) is 0 Å². The van der Waals surface area contributed by atoms with Crippen LogP contribution in [0, 0.1) is 11.8 Å². The van der Waals surface area contributed by atoms with Crippen LogP contribution in [0.1, 0.15) is 46.0 Å². The van der Waals surface area contributed by atoms with Crippen LogP contribution in [0.4, 0.5) is 0 Å². The number of carbonyl (C=O) groups is 2. The number of azide groups is 1. The summed E-state index contributed by atoms with van der Waals surface area (Å²) in [5, 5.41) is 6.14. The van der Waals surface area contributed by atoms with E-state index in [1.165, 1.54) is 0 Å². The molecule has 0 saturated heterocycles. The first kappa shape index (κ1) is 21.2. The molecule has 0 aromatic heterocycles. The molecule has 0 radical (unpaired) electrons. The highest BCUT2D eigenvalue weighted by Gasteiger charge is 2.16. The van der Waals surface area contributed by atoms with Gasteiger partial charge in [0, 0.05) is 30.3 Å². The second kappa shape index (κ2) is 13.8. The molecule has 23 heavy (non-hydrogen) atoms. The average Bonchev–Trinajstić information content (AvgIpc) is 2.48. The van der Waals surface area contributed by atoms with E-state index in [1.807, 2.05) is 0 Å². The van der Waals surface area contributed by atoms with E-state index in [4.69, 9.17) is 16.0 Å². The van der Waals surface area contributed by atoms with Crippen molar-refractivity contribution in [3.63, 3.8) is 0 Å². The van der Waals surface area contributed by atoms with Gasteiger partial charge in [-0.25, -0.2) is 0 Å². The molecule has 1 unspecified atom stereocenters. The number of nitrogens with one attached hydrogen (secondary N) is 1. The molecule has 0 rings (SSSR count). The third kappa shape index (κ3) is 13.6. The summed E-state index contributed by atoms with van der Waals surface area (Å²) < 4.78 is 5.15. The first-order chi connectivity index (χ1) is 11.0. The molecule has 8 nitrogen and oxygen atoms in total. The smallest absolute Gasteiger partial charge is 0.222 e. The molecule has 0 bridgehead atoms. The van der Waals surface area contributed by atoms with Gasteiger partial charge < -0.3 is 15.8 Å². The minimum absolute atomic E-state index is 0.0672. The Bertz CT molecular complexity index is 395. The third-order valence-corrected chi connectivity index (χ3v) is 3.33. The molecule has 0 fully saturated rings. The van der Waals surface area contributed by atoms with Crippen LogP contribution >= 0.6 is 0 Å². The Labute approximate surface area is 137 Å². The number of unbranched alkanes of at least 4 members (excludes halogenated alkanes) is 1. The van der Waals surface area contributed by atoms with Gasteiger partial charge in [-0.3, -0.25) is 9.59 Å². The summed E-state index contributed by atoms with van der Waals surface area (Å²) >= 11 is 0. The molecule has 8 heteroatoms. The fourth-order valence-electron chi connectivity index (χ4n) is 2.19. The number of amides is 2. The van der Waals surface area contributed by atoms with Crippen LogP contribution in [0.25, 0.3) is 10.4 Å². The van der Waals surface area contributed by atoms with Crippen molar-refractivity contribution in [2.45, 2.75) is 46.0 Å². The predicted molar refractivity (Wildman–Crippen MR) is 88.4 cm³/mol. The van der Waals surface area contributed by atoms with Crippen LogP contribution in [0.15, 0.2) is 5.11 Å². The number of rotatable bonds is 14. The first-order valence-corrected chi connectivity index (χ1v) is 8.12. The number of ether oxygens (including phenoxy) is 1. The molecule has 0 heterocycles. The molecule has 0 aromatic carbocycles. The van der Waals surface area contributed by atoms with Gasteiger partial charge in [-0.15, -0.1) is 0 Å². The Hall–Kier alpha value is -1.79. The zero-order valence-corrected chi connectivity index (χ0v) is 14.2. The molecule has 0 saturated carbocycles. The lowest BCUT2D eigenvalue weighted by molar-refractivity contribution is -0.123. The lowest BCUT2D eigenvalue weighted by Crippen LogP contribution is -2.27. The molecule has 3 N–H and O–H groups in total. The molecule has 0 aliphatic heterocycles. The fraction of sp³-hybridized carbons (Fsp3) is 0.867. The van der Waals surface area contributed by atoms with Crippen molar-refractivity contribution in [2.24, 2.45) is 22.7 Å². The zero-order chi connectivity index (χ0) is 17.5. The minimum Gasteiger partial charge on any atom is -0.381 e. The molecule has 0 aliphatic carbocycles. The van der Waals surface area contributed by atoms with E-state index >= 15 is 0 Å². The average molecular weight is 327 g/mol. The summed E-state index contributed by atoms with van der Waals surface area (Å²) in [6.45, 7) is 5.64. The zero-order valence-electron chi connectivity index (χ0n) is 14.2. The second-order valence-electron chi connectivity index (χ2n) is 5.89. The molecule has 132 valence electrons. The SMILES string of the molecule is CC(C)CC(CCCCNC(=O)CCOCCN=[N+]=[N-])C(N)=O. The Morgan fingerprint density at radius 1 is 1.30 bits per heavy atom. The first-order valence-electron chi connectivity index (χ1n) is 8.12. The summed E-state index contributed by atoms with van der Waals surface area (Å²) in [5.41, 5.74) is 13.5. The number of primary amides is 1. The summed E-state index contributed by atoms with van der Waals surface area (Å²) in [6.07, 6.45) is 3.56. The van der Waals surface area contributed by atoms with Crippen LogP contribution < -0.4 is 11.1 Å². The lowest BCUT2D eigenvalue weighted by atomic mass is 9.92. The molecule has 2 amide bonds. The van der Waals surface area contributed by atoms with Gasteiger partial charge >= 0.3 is 0 Å². The summed E-state index contributed by atoms with van der Waals surface area (Å²) in [4.78, 5) is 25.5. The lowest BCUT2D eigenvalue weighted by Gasteiger charge is -2.15. The maximum atomic E-state index is 11.5. The Balaban J connectivity index is 3.60. The van der Waals surface area contributed by atoms with Crippen LogP contribution in [0.5, 0.6) is 0 Å². The van der Waals surface area contributed by atoms with Gasteiger partial charge in [0.05, 0.1) is 13.2 Å². The maximum Gasteiger partial charge on any atom is 0.222 e. The van der Waals surface area contributed by atoms with Gasteiger partial charge in [-0.05, 0) is 30.7 Å². The van der Waals surface area contributed by atoms with Crippen molar-refractivity contribution in [1.82, 2.24) is 5.32 Å². The van der Waals surface area contributed by atoms with Crippen molar-refractivity contribution < 1.29 is 14.3 Å². The van der Waals surface area contributed by atoms with Crippen LogP contribution in [-0.4, -0.2) is 38.1 Å². The van der Waals surface area contributed by atoms with E-state index in [0.29, 0.717) is 25.7 Å². The maximum absolute atomic E-state index is 11.5. The number of hydrogen-bond acceptors (Lipinski definition) is 4. The molecular weight excluding hydrogens is 298 g/mol. The number of carbonyl (C=O) groups excluding carboxylic acids is 2. The standard InChI is InChI=1S/C15H29N5O3/c1-12(2)11-13(15(16)22)5-3-4-7-18-14(21)6-9-23-10-8-19-20-17/h12-13H,3-11H2,1-2H3,(H2,16,22)(H,18,21). The van der Waals surface area contributed by atoms with E-state index in [9.17, 15) is 9.59 Å². The van der Waals surface area contributed by atoms with Gasteiger partial charge in [-0.1, -0.05) is 25.4 Å². The summed E-state index contributed by atoms with van der Waals surface area (Å²) in [7, 11) is 0. The van der Waals surface area contributed by atoms with Crippen molar-refractivity contribution in [3.8, 4) is 0 Å². The number of hydrogen-bond donors (Lipinski definition) is 2. The van der Waals surface area contributed by atoms with Gasteiger partial charge in [0.1, 0.15) is 0 Å². The Morgan fingerprint density at radius 2 is 2.04 bits per heavy atom. The molecule has 1 atom stereocenters. The van der Waals surface area contributed by atoms with Crippen molar-refractivity contribution in [2.75, 3.05) is 26.3 Å². The van der Waals surface area contributed by atoms with Crippen molar-refractivity contribution in [1.29, 1.82) is 0 Å². The van der Waals surface area contributed by atoms with E-state index < -0.39 is 0 Å². The number of nitrogens with two attached hydrogens (primary N) is 1. The monoisotopic (exact) mass is 327 g/mol. The summed E-state index contributed by atoms with van der Waals surface area (Å²) in [5.74, 6) is 0.0734. The van der Waals surface area contributed by atoms with Crippen LogP contribution in [0.3, 0.4) is 0 Å². The fourth-order valence-corrected chi connectivity index (χ4v) is 2.19. The van der Waals surface area contributed by atoms with Crippen LogP contribution in [-0.2, 0) is 14.3 Å². The quantitative estimate of drug-likeness (QED) is 0.219. The highest BCUT2D eigenvalue weighted by atomic mass is 16.5. The Kier molecular flexibility index (Phi) is 12.8. The van der Waals surface area contributed by atoms with Gasteiger partial charge in [-0.2, -0.15) is 0 Å². The van der Waals surface area contributed by atoms with Gasteiger partial charge in [0.15, 0.2) is 0 Å². The van der Waals surface area contributed by atoms with E-state index in [1.54, 1.807) is 0 Å². The topological polar surface area (TPSA) is 130 Å². The van der Waals surface area contributed by atoms with Crippen molar-refractivity contribution in [3.05, 3.63) is 10.4 Å². The third-order valence-electron chi connectivity index (χ3n) is 3.33. The number of nitrogens with zero attached hydrogens (tertiary/aromatic N) is 3. The summed E-state index contributed by atoms with van der Waals surface area (Å²) in [6, 6.07) is 0.